The van der Waals surface area contributed by atoms with Gasteiger partial charge in [-0.2, -0.15) is 6.08 Å². The van der Waals surface area contributed by atoms with Crippen molar-refractivity contribution in [2.45, 2.75) is 60.8 Å². The largest absolute Gasteiger partial charge is 3.00 e. The standard InChI is InChI=1S/C16H22.C13H9.C5H5.4ClH.2Zr/c1-9-7-15(13(5)11(9)3)16-8-10(2)12(4)14(16)6;1-3-7-12-10(5-1)9-11-6-2-4-8-13(11)12;1-2-4-5-3-1;;;;;;/h7-8H2,1-6H3;1-9H;1-3H,4H2;4*1H;;/q;2*-1;;;;;+2;+3/p-4. The molecule has 0 fully saturated rings. The predicted molar refractivity (Wildman–Crippen MR) is 162 cm³/mol. The maximum Gasteiger partial charge on any atom is 3.00 e. The minimum Gasteiger partial charge on any atom is -0.126 e. The van der Waals surface area contributed by atoms with Crippen LogP contribution >= 0.6 is 17.0 Å². The van der Waals surface area contributed by atoms with Crippen LogP contribution in [0.1, 0.15) is 60.8 Å². The van der Waals surface area contributed by atoms with Gasteiger partial charge >= 0.3 is 64.1 Å². The fourth-order valence-electron chi connectivity index (χ4n) is 5.06. The Morgan fingerprint density at radius 1 is 0.675 bits per heavy atom. The van der Waals surface area contributed by atoms with Crippen LogP contribution in [0.5, 0.6) is 0 Å². The Balaban J connectivity index is 0.000000570. The van der Waals surface area contributed by atoms with Crippen LogP contribution in [0.4, 0.5) is 0 Å². The van der Waals surface area contributed by atoms with E-state index in [0.717, 1.165) is 6.42 Å². The van der Waals surface area contributed by atoms with E-state index in [2.05, 4.69) is 108 Å². The molecule has 3 aromatic rings. The van der Waals surface area contributed by atoms with Crippen LogP contribution in [-0.2, 0) is 47.1 Å². The first-order valence-corrected chi connectivity index (χ1v) is 19.1. The molecule has 209 valence electrons. The van der Waals surface area contributed by atoms with Crippen LogP contribution in [0, 0.1) is 6.08 Å². The summed E-state index contributed by atoms with van der Waals surface area (Å²) in [4.78, 5) is 0. The Morgan fingerprint density at radius 3 is 1.35 bits per heavy atom. The van der Waals surface area contributed by atoms with E-state index in [1.54, 1.807) is 22.3 Å². The van der Waals surface area contributed by atoms with Crippen LogP contribution < -0.4 is 24.8 Å². The van der Waals surface area contributed by atoms with Crippen molar-refractivity contribution in [2.24, 2.45) is 0 Å². The molecule has 0 heterocycles. The van der Waals surface area contributed by atoms with Crippen molar-refractivity contribution in [1.82, 2.24) is 0 Å². The third kappa shape index (κ3) is 10.1. The molecule has 0 nitrogen and oxygen atoms in total. The molecule has 1 radical (unpaired) electrons. The van der Waals surface area contributed by atoms with Gasteiger partial charge in [-0.05, 0) is 87.8 Å². The van der Waals surface area contributed by atoms with E-state index in [4.69, 9.17) is 17.0 Å². The average Bonchev–Trinajstić information content (AvgIpc) is 3.69. The molecular formula is C34H36Cl4Zr2-. The third-order valence-electron chi connectivity index (χ3n) is 7.67. The number of hydrogen-bond acceptors (Lipinski definition) is 0. The van der Waals surface area contributed by atoms with Gasteiger partial charge in [-0.15, -0.1) is 46.2 Å². The number of allylic oxidation sites excluding steroid dienone is 12. The molecule has 0 unspecified atom stereocenters. The van der Waals surface area contributed by atoms with Crippen molar-refractivity contribution < 1.29 is 71.9 Å². The molecule has 0 saturated heterocycles. The Kier molecular flexibility index (Phi) is 19.6. The molecule has 0 spiro atoms. The van der Waals surface area contributed by atoms with E-state index < -0.39 is 20.8 Å². The first-order valence-electron chi connectivity index (χ1n) is 12.7. The number of hydrogen-bond donors (Lipinski definition) is 0. The van der Waals surface area contributed by atoms with Gasteiger partial charge in [0.05, 0.1) is 0 Å². The van der Waals surface area contributed by atoms with Crippen molar-refractivity contribution in [3.63, 3.8) is 0 Å². The summed E-state index contributed by atoms with van der Waals surface area (Å²) < 4.78 is 0. The van der Waals surface area contributed by atoms with E-state index in [1.807, 2.05) is 12.2 Å². The maximum absolute atomic E-state index is 4.93. The van der Waals surface area contributed by atoms with E-state index in [-0.39, 0.29) is 51.0 Å². The molecule has 0 aromatic heterocycles. The monoisotopic (exact) mass is 764 g/mol. The summed E-state index contributed by atoms with van der Waals surface area (Å²) in [7, 11) is 9.87. The fraction of sp³-hybridized carbons (Fsp3) is 0.265. The molecule has 40 heavy (non-hydrogen) atoms. The van der Waals surface area contributed by atoms with Crippen LogP contribution in [0.3, 0.4) is 0 Å². The molecule has 0 amide bonds. The Bertz CT molecular complexity index is 1340. The van der Waals surface area contributed by atoms with E-state index in [1.165, 1.54) is 56.7 Å². The zero-order valence-electron chi connectivity index (χ0n) is 24.1. The van der Waals surface area contributed by atoms with Crippen LogP contribution in [0.15, 0.2) is 117 Å². The van der Waals surface area contributed by atoms with Gasteiger partial charge in [0.2, 0.25) is 0 Å². The number of benzene rings is 2. The fourth-order valence-corrected chi connectivity index (χ4v) is 5.06. The second-order valence-electron chi connectivity index (χ2n) is 9.76. The summed E-state index contributed by atoms with van der Waals surface area (Å²) in [5.74, 6) is 0. The summed E-state index contributed by atoms with van der Waals surface area (Å²) in [6.07, 6.45) is 12.3. The van der Waals surface area contributed by atoms with Crippen molar-refractivity contribution in [2.75, 3.05) is 0 Å². The van der Waals surface area contributed by atoms with Gasteiger partial charge in [-0.25, -0.2) is 12.2 Å². The van der Waals surface area contributed by atoms with Gasteiger partial charge in [0.15, 0.2) is 0 Å². The van der Waals surface area contributed by atoms with Crippen molar-refractivity contribution in [3.05, 3.63) is 123 Å². The summed E-state index contributed by atoms with van der Waals surface area (Å²) >= 11 is -0.826. The molecule has 0 aliphatic heterocycles. The van der Waals surface area contributed by atoms with E-state index in [0.29, 0.717) is 0 Å². The van der Waals surface area contributed by atoms with Gasteiger partial charge in [0, 0.05) is 0 Å². The van der Waals surface area contributed by atoms with E-state index in [9.17, 15) is 0 Å². The van der Waals surface area contributed by atoms with Gasteiger partial charge in [0.1, 0.15) is 0 Å². The third-order valence-corrected chi connectivity index (χ3v) is 7.67. The molecule has 3 aliphatic rings. The van der Waals surface area contributed by atoms with E-state index >= 15 is 0 Å². The molecule has 0 bridgehead atoms. The Labute approximate surface area is 291 Å². The normalized spacial score (nSPS) is 15.0. The summed E-state index contributed by atoms with van der Waals surface area (Å²) in [5, 5.41) is 5.39. The van der Waals surface area contributed by atoms with Gasteiger partial charge in [0.25, 0.3) is 0 Å². The smallest absolute Gasteiger partial charge is 0.126 e. The van der Waals surface area contributed by atoms with Crippen molar-refractivity contribution in [1.29, 1.82) is 0 Å². The zero-order valence-corrected chi connectivity index (χ0v) is 32.0. The topological polar surface area (TPSA) is 0 Å². The minimum atomic E-state index is -0.826. The molecule has 3 aliphatic carbocycles. The van der Waals surface area contributed by atoms with Gasteiger partial charge in [-0.3, -0.25) is 6.08 Å². The summed E-state index contributed by atoms with van der Waals surface area (Å²) in [5.41, 5.74) is 12.4. The number of rotatable bonds is 1. The Morgan fingerprint density at radius 2 is 1.07 bits per heavy atom. The summed E-state index contributed by atoms with van der Waals surface area (Å²) in [6, 6.07) is 19.3. The minimum absolute atomic E-state index is 0. The van der Waals surface area contributed by atoms with Crippen molar-refractivity contribution in [3.8, 4) is 0 Å². The maximum atomic E-state index is 4.93. The molecule has 6 heteroatoms. The SMILES string of the molecule is CC1=C(C)C(C)=C(C2=C(C)C(C)=C(C)C2)C1.[C-]1=CC=CC1.[Cl-].[Cl-].[Cl][Zr][Cl].[Zr+3].c1ccc2c(c1)[cH-]c1ccccc12. The molecular weight excluding hydrogens is 733 g/mol. The van der Waals surface area contributed by atoms with Crippen LogP contribution in [0.25, 0.3) is 21.5 Å². The molecule has 0 N–H and O–H groups in total. The molecule has 0 atom stereocenters. The number of halogens is 4. The molecule has 3 aromatic carbocycles. The Hall–Kier alpha value is -0.324. The first kappa shape index (κ1) is 39.7. The van der Waals surface area contributed by atoms with Crippen LogP contribution in [0.2, 0.25) is 0 Å². The average molecular weight is 769 g/mol. The van der Waals surface area contributed by atoms with Gasteiger partial charge in [-0.1, -0.05) is 47.5 Å². The summed E-state index contributed by atoms with van der Waals surface area (Å²) in [6.45, 7) is 13.6. The van der Waals surface area contributed by atoms with Crippen molar-refractivity contribution >= 4 is 38.6 Å². The second-order valence-corrected chi connectivity index (χ2v) is 13.5. The molecule has 6 rings (SSSR count). The molecule has 0 saturated carbocycles. The zero-order chi connectivity index (χ0) is 26.9. The predicted octanol–water partition coefficient (Wildman–Crippen LogP) is 5.50. The van der Waals surface area contributed by atoms with Gasteiger partial charge < -0.3 is 24.8 Å². The first-order chi connectivity index (χ1) is 17.8. The van der Waals surface area contributed by atoms with Crippen LogP contribution in [-0.4, -0.2) is 0 Å². The second kappa shape index (κ2) is 19.8. The quantitative estimate of drug-likeness (QED) is 0.288. The number of fused-ring (bicyclic) bond motifs is 3.